The van der Waals surface area contributed by atoms with Gasteiger partial charge >= 0.3 is 0 Å². The van der Waals surface area contributed by atoms with Gasteiger partial charge in [-0.25, -0.2) is 4.98 Å². The van der Waals surface area contributed by atoms with Crippen molar-refractivity contribution in [3.8, 4) is 0 Å². The van der Waals surface area contributed by atoms with Gasteiger partial charge in [-0.3, -0.25) is 4.79 Å². The largest absolute Gasteiger partial charge is 0.336 e. The van der Waals surface area contributed by atoms with Crippen LogP contribution < -0.4 is 5.73 Å². The van der Waals surface area contributed by atoms with E-state index in [1.165, 1.54) is 0 Å². The number of imidazole rings is 1. The van der Waals surface area contributed by atoms with E-state index in [1.54, 1.807) is 0 Å². The molecule has 1 saturated heterocycles. The quantitative estimate of drug-likeness (QED) is 0.862. The van der Waals surface area contributed by atoms with Crippen LogP contribution in [0, 0.1) is 5.92 Å². The van der Waals surface area contributed by atoms with E-state index >= 15 is 0 Å². The molecule has 1 unspecified atom stereocenters. The summed E-state index contributed by atoms with van der Waals surface area (Å²) in [5.74, 6) is 0.494. The van der Waals surface area contributed by atoms with Gasteiger partial charge in [-0.15, -0.1) is 0 Å². The standard InChI is InChI=1S/C13H16N4O/c14-6-10-5-13(18)16(8-10)9-11-7-15-12-3-1-2-4-17(11)12/h1-4,7,10H,5-6,8-9,14H2. The average Bonchev–Trinajstić information content (AvgIpc) is 2.95. The van der Waals surface area contributed by atoms with Crippen LogP contribution in [0.15, 0.2) is 30.6 Å². The Morgan fingerprint density at radius 1 is 1.44 bits per heavy atom. The second-order valence-corrected chi connectivity index (χ2v) is 4.76. The monoisotopic (exact) mass is 244 g/mol. The first-order valence-corrected chi connectivity index (χ1v) is 6.16. The molecule has 1 amide bonds. The van der Waals surface area contributed by atoms with Crippen LogP contribution in [0.1, 0.15) is 12.1 Å². The number of fused-ring (bicyclic) bond motifs is 1. The van der Waals surface area contributed by atoms with Gasteiger partial charge in [0.05, 0.1) is 18.4 Å². The lowest BCUT2D eigenvalue weighted by molar-refractivity contribution is -0.128. The number of carbonyl (C=O) groups excluding carboxylic acids is 1. The molecule has 2 aromatic rings. The molecule has 3 rings (SSSR count). The Bertz CT molecular complexity index is 577. The maximum atomic E-state index is 11.8. The fraction of sp³-hybridized carbons (Fsp3) is 0.385. The van der Waals surface area contributed by atoms with Gasteiger partial charge in [0.2, 0.25) is 5.91 Å². The number of likely N-dealkylation sites (tertiary alicyclic amines) is 1. The number of pyridine rings is 1. The summed E-state index contributed by atoms with van der Waals surface area (Å²) in [5.41, 5.74) is 7.58. The summed E-state index contributed by atoms with van der Waals surface area (Å²) < 4.78 is 2.02. The molecule has 94 valence electrons. The van der Waals surface area contributed by atoms with Gasteiger partial charge in [-0.05, 0) is 24.6 Å². The molecule has 2 N–H and O–H groups in total. The Kier molecular flexibility index (Phi) is 2.76. The number of nitrogens with zero attached hydrogens (tertiary/aromatic N) is 3. The number of carbonyl (C=O) groups is 1. The summed E-state index contributed by atoms with van der Waals surface area (Å²) in [6.45, 7) is 1.95. The maximum Gasteiger partial charge on any atom is 0.223 e. The van der Waals surface area contributed by atoms with E-state index in [1.807, 2.05) is 39.9 Å². The summed E-state index contributed by atoms with van der Waals surface area (Å²) in [7, 11) is 0. The molecule has 5 heteroatoms. The van der Waals surface area contributed by atoms with Gasteiger partial charge in [0.25, 0.3) is 0 Å². The lowest BCUT2D eigenvalue weighted by Crippen LogP contribution is -2.26. The van der Waals surface area contributed by atoms with Crippen LogP contribution in [0.5, 0.6) is 0 Å². The normalized spacial score (nSPS) is 19.9. The predicted molar refractivity (Wildman–Crippen MR) is 67.8 cm³/mol. The minimum absolute atomic E-state index is 0.191. The molecule has 0 saturated carbocycles. The first kappa shape index (κ1) is 11.2. The fourth-order valence-corrected chi connectivity index (χ4v) is 2.46. The number of hydrogen-bond donors (Lipinski definition) is 1. The molecule has 1 aliphatic rings. The molecule has 1 aliphatic heterocycles. The van der Waals surface area contributed by atoms with Crippen molar-refractivity contribution in [3.63, 3.8) is 0 Å². The number of amides is 1. The van der Waals surface area contributed by atoms with Gasteiger partial charge in [-0.1, -0.05) is 6.07 Å². The van der Waals surface area contributed by atoms with Crippen molar-refractivity contribution in [2.75, 3.05) is 13.1 Å². The number of nitrogens with two attached hydrogens (primary N) is 1. The molecule has 1 atom stereocenters. The van der Waals surface area contributed by atoms with Crippen LogP contribution in [-0.2, 0) is 11.3 Å². The summed E-state index contributed by atoms with van der Waals surface area (Å²) in [6, 6.07) is 5.88. The van der Waals surface area contributed by atoms with Crippen molar-refractivity contribution >= 4 is 11.6 Å². The zero-order valence-electron chi connectivity index (χ0n) is 10.1. The average molecular weight is 244 g/mol. The topological polar surface area (TPSA) is 63.6 Å². The molecule has 0 radical (unpaired) electrons. The Hall–Kier alpha value is -1.88. The molecule has 5 nitrogen and oxygen atoms in total. The first-order valence-electron chi connectivity index (χ1n) is 6.16. The molecule has 2 aromatic heterocycles. The van der Waals surface area contributed by atoms with Crippen LogP contribution in [0.3, 0.4) is 0 Å². The highest BCUT2D eigenvalue weighted by Crippen LogP contribution is 2.19. The zero-order chi connectivity index (χ0) is 12.5. The van der Waals surface area contributed by atoms with Crippen LogP contribution in [-0.4, -0.2) is 33.3 Å². The highest BCUT2D eigenvalue weighted by Gasteiger charge is 2.28. The minimum atomic E-state index is 0.191. The number of aromatic nitrogens is 2. The van der Waals surface area contributed by atoms with Gasteiger partial charge in [-0.2, -0.15) is 0 Å². The highest BCUT2D eigenvalue weighted by atomic mass is 16.2. The summed E-state index contributed by atoms with van der Waals surface area (Å²) in [5, 5.41) is 0. The molecule has 3 heterocycles. The Balaban J connectivity index is 1.83. The van der Waals surface area contributed by atoms with E-state index in [0.29, 0.717) is 25.4 Å². The Morgan fingerprint density at radius 2 is 2.33 bits per heavy atom. The lowest BCUT2D eigenvalue weighted by Gasteiger charge is -2.15. The Labute approximate surface area is 105 Å². The van der Waals surface area contributed by atoms with Gasteiger partial charge in [0.15, 0.2) is 0 Å². The van der Waals surface area contributed by atoms with Crippen molar-refractivity contribution in [2.45, 2.75) is 13.0 Å². The van der Waals surface area contributed by atoms with Crippen LogP contribution in [0.4, 0.5) is 0 Å². The van der Waals surface area contributed by atoms with Crippen molar-refractivity contribution in [3.05, 3.63) is 36.3 Å². The van der Waals surface area contributed by atoms with Crippen molar-refractivity contribution < 1.29 is 4.79 Å². The van der Waals surface area contributed by atoms with E-state index in [0.717, 1.165) is 17.9 Å². The van der Waals surface area contributed by atoms with Gasteiger partial charge in [0.1, 0.15) is 5.65 Å². The highest BCUT2D eigenvalue weighted by molar-refractivity contribution is 5.78. The molecule has 1 fully saturated rings. The zero-order valence-corrected chi connectivity index (χ0v) is 10.1. The third kappa shape index (κ3) is 1.86. The van der Waals surface area contributed by atoms with Gasteiger partial charge in [0, 0.05) is 19.2 Å². The van der Waals surface area contributed by atoms with Gasteiger partial charge < -0.3 is 15.0 Å². The summed E-state index contributed by atoms with van der Waals surface area (Å²) >= 11 is 0. The maximum absolute atomic E-state index is 11.8. The smallest absolute Gasteiger partial charge is 0.223 e. The Morgan fingerprint density at radius 3 is 3.11 bits per heavy atom. The van der Waals surface area contributed by atoms with Crippen molar-refractivity contribution in [1.82, 2.24) is 14.3 Å². The van der Waals surface area contributed by atoms with Crippen LogP contribution >= 0.6 is 0 Å². The first-order chi connectivity index (χ1) is 8.78. The van der Waals surface area contributed by atoms with E-state index in [4.69, 9.17) is 5.73 Å². The third-order valence-electron chi connectivity index (χ3n) is 3.47. The van der Waals surface area contributed by atoms with Crippen molar-refractivity contribution in [1.29, 1.82) is 0 Å². The van der Waals surface area contributed by atoms with Crippen LogP contribution in [0.2, 0.25) is 0 Å². The molecular formula is C13H16N4O. The van der Waals surface area contributed by atoms with E-state index < -0.39 is 0 Å². The molecular weight excluding hydrogens is 228 g/mol. The number of rotatable bonds is 3. The predicted octanol–water partition coefficient (Wildman–Crippen LogP) is 0.641. The lowest BCUT2D eigenvalue weighted by atomic mass is 10.1. The minimum Gasteiger partial charge on any atom is -0.336 e. The second kappa shape index (κ2) is 4.42. The summed E-state index contributed by atoms with van der Waals surface area (Å²) in [6.07, 6.45) is 4.38. The van der Waals surface area contributed by atoms with E-state index in [-0.39, 0.29) is 5.91 Å². The van der Waals surface area contributed by atoms with E-state index in [9.17, 15) is 4.79 Å². The summed E-state index contributed by atoms with van der Waals surface area (Å²) in [4.78, 5) is 18.0. The molecule has 0 spiro atoms. The second-order valence-electron chi connectivity index (χ2n) is 4.76. The molecule has 0 aliphatic carbocycles. The van der Waals surface area contributed by atoms with Crippen molar-refractivity contribution in [2.24, 2.45) is 11.7 Å². The molecule has 18 heavy (non-hydrogen) atoms. The van der Waals surface area contributed by atoms with Crippen LogP contribution in [0.25, 0.3) is 5.65 Å². The fourth-order valence-electron chi connectivity index (χ4n) is 2.46. The SMILES string of the molecule is NCC1CC(=O)N(Cc2cnc3ccccn23)C1. The number of hydrogen-bond acceptors (Lipinski definition) is 3. The third-order valence-corrected chi connectivity index (χ3v) is 3.47. The van der Waals surface area contributed by atoms with E-state index in [2.05, 4.69) is 4.98 Å². The molecule has 0 bridgehead atoms. The molecule has 0 aromatic carbocycles.